The summed E-state index contributed by atoms with van der Waals surface area (Å²) in [6.45, 7) is 3.03. The minimum atomic E-state index is 0. The summed E-state index contributed by atoms with van der Waals surface area (Å²) in [5.74, 6) is 0.681. The molecule has 1 N–H and O–H groups in total. The Balaban J connectivity index is 0.00000225. The number of carbonyl (C=O) groups excluding carboxylic acids is 1. The van der Waals surface area contributed by atoms with Crippen LogP contribution in [0.1, 0.15) is 42.5 Å². The smallest absolute Gasteiger partial charge is 0.262 e. The van der Waals surface area contributed by atoms with Gasteiger partial charge < -0.3 is 10.2 Å². The van der Waals surface area contributed by atoms with Crippen molar-refractivity contribution in [2.45, 2.75) is 51.5 Å². The zero-order valence-electron chi connectivity index (χ0n) is 16.4. The van der Waals surface area contributed by atoms with E-state index in [-0.39, 0.29) is 23.9 Å². The molecule has 1 amide bonds. The molecule has 8 heteroatoms. The molecule has 154 valence electrons. The molecule has 1 aliphatic heterocycles. The van der Waals surface area contributed by atoms with Crippen molar-refractivity contribution in [3.8, 4) is 0 Å². The van der Waals surface area contributed by atoms with E-state index < -0.39 is 0 Å². The van der Waals surface area contributed by atoms with E-state index in [9.17, 15) is 9.59 Å². The van der Waals surface area contributed by atoms with Crippen LogP contribution in [-0.2, 0) is 24.2 Å². The molecule has 0 aromatic carbocycles. The number of nitrogens with one attached hydrogen (secondary N) is 1. The number of fused-ring (bicyclic) bond motifs is 3. The highest BCUT2D eigenvalue weighted by molar-refractivity contribution is 7.18. The second kappa shape index (κ2) is 9.37. The maximum absolute atomic E-state index is 13.0. The van der Waals surface area contributed by atoms with Gasteiger partial charge in [0.15, 0.2) is 0 Å². The van der Waals surface area contributed by atoms with Gasteiger partial charge in [0, 0.05) is 30.9 Å². The first-order chi connectivity index (χ1) is 13.2. The Bertz CT molecular complexity index is 892. The minimum Gasteiger partial charge on any atom is -0.342 e. The van der Waals surface area contributed by atoms with Crippen molar-refractivity contribution in [2.75, 3.05) is 26.7 Å². The van der Waals surface area contributed by atoms with E-state index in [1.165, 1.54) is 23.3 Å². The van der Waals surface area contributed by atoms with Crippen molar-refractivity contribution < 1.29 is 4.79 Å². The number of thiophene rings is 1. The molecule has 4 rings (SSSR count). The van der Waals surface area contributed by atoms with Crippen LogP contribution in [0.3, 0.4) is 0 Å². The number of piperidine rings is 1. The highest BCUT2D eigenvalue weighted by Gasteiger charge is 2.24. The fourth-order valence-electron chi connectivity index (χ4n) is 4.46. The molecule has 1 unspecified atom stereocenters. The number of likely N-dealkylation sites (tertiary alicyclic amines) is 1. The van der Waals surface area contributed by atoms with Crippen molar-refractivity contribution >= 4 is 39.9 Å². The van der Waals surface area contributed by atoms with Crippen LogP contribution in [-0.4, -0.2) is 47.0 Å². The summed E-state index contributed by atoms with van der Waals surface area (Å²) in [6.07, 6.45) is 8.63. The fraction of sp³-hybridized carbons (Fsp3) is 0.650. The maximum atomic E-state index is 13.0. The first kappa shape index (κ1) is 21.3. The van der Waals surface area contributed by atoms with E-state index in [0.717, 1.165) is 55.5 Å². The average Bonchev–Trinajstić information content (AvgIpc) is 3.07. The molecule has 1 aliphatic carbocycles. The third-order valence-corrected chi connectivity index (χ3v) is 7.07. The molecular weight excluding hydrogens is 396 g/mol. The summed E-state index contributed by atoms with van der Waals surface area (Å²) < 4.78 is 1.64. The van der Waals surface area contributed by atoms with Gasteiger partial charge in [-0.3, -0.25) is 14.2 Å². The molecule has 2 aromatic heterocycles. The molecule has 0 saturated carbocycles. The highest BCUT2D eigenvalue weighted by Crippen LogP contribution is 2.33. The molecule has 2 aliphatic rings. The van der Waals surface area contributed by atoms with Crippen LogP contribution in [0.4, 0.5) is 0 Å². The number of carbonyl (C=O) groups is 1. The number of aryl methyl sites for hydroxylation is 3. The normalized spacial score (nSPS) is 19.3. The number of amides is 1. The van der Waals surface area contributed by atoms with Crippen molar-refractivity contribution in [1.82, 2.24) is 19.8 Å². The number of nitrogens with zero attached hydrogens (tertiary/aromatic N) is 3. The molecule has 6 nitrogen and oxygen atoms in total. The first-order valence-corrected chi connectivity index (χ1v) is 10.9. The van der Waals surface area contributed by atoms with E-state index in [0.29, 0.717) is 18.9 Å². The number of halogens is 1. The van der Waals surface area contributed by atoms with Crippen molar-refractivity contribution in [1.29, 1.82) is 0 Å². The topological polar surface area (TPSA) is 67.2 Å². The van der Waals surface area contributed by atoms with Gasteiger partial charge in [0.05, 0.1) is 11.7 Å². The van der Waals surface area contributed by atoms with Crippen LogP contribution in [0.2, 0.25) is 0 Å². The third kappa shape index (κ3) is 4.26. The number of aromatic nitrogens is 2. The highest BCUT2D eigenvalue weighted by atomic mass is 35.5. The largest absolute Gasteiger partial charge is 0.342 e. The molecule has 1 fully saturated rings. The third-order valence-electron chi connectivity index (χ3n) is 5.87. The van der Waals surface area contributed by atoms with Gasteiger partial charge >= 0.3 is 0 Å². The first-order valence-electron chi connectivity index (χ1n) is 10.1. The fourth-order valence-corrected chi connectivity index (χ4v) is 5.68. The standard InChI is InChI=1S/C20H28N4O2S.ClH/c1-21-11-14-5-4-9-23(12-14)17(25)8-10-24-13-22-19-18(20(24)26)15-6-2-3-7-16(15)27-19;/h13-14,21H,2-12H2,1H3;1H. The van der Waals surface area contributed by atoms with E-state index in [4.69, 9.17) is 0 Å². The molecule has 1 saturated heterocycles. The lowest BCUT2D eigenvalue weighted by molar-refractivity contribution is -0.133. The molecule has 1 atom stereocenters. The Morgan fingerprint density at radius 3 is 2.96 bits per heavy atom. The molecule has 28 heavy (non-hydrogen) atoms. The van der Waals surface area contributed by atoms with Gasteiger partial charge in [-0.25, -0.2) is 4.98 Å². The van der Waals surface area contributed by atoms with Crippen molar-refractivity contribution in [3.63, 3.8) is 0 Å². The molecule has 0 spiro atoms. The predicted molar refractivity (Wildman–Crippen MR) is 116 cm³/mol. The lowest BCUT2D eigenvalue weighted by Gasteiger charge is -2.32. The monoisotopic (exact) mass is 424 g/mol. The summed E-state index contributed by atoms with van der Waals surface area (Å²) in [6, 6.07) is 0. The Hall–Kier alpha value is -1.44. The SMILES string of the molecule is CNCC1CCCN(C(=O)CCn2cnc3sc4c(c3c2=O)CCCC4)C1.Cl. The number of hydrogen-bond acceptors (Lipinski definition) is 5. The van der Waals surface area contributed by atoms with E-state index in [2.05, 4.69) is 10.3 Å². The number of rotatable bonds is 5. The summed E-state index contributed by atoms with van der Waals surface area (Å²) in [5, 5.41) is 4.01. The maximum Gasteiger partial charge on any atom is 0.262 e. The van der Waals surface area contributed by atoms with Gasteiger partial charge in [-0.15, -0.1) is 23.7 Å². The van der Waals surface area contributed by atoms with Gasteiger partial charge in [-0.05, 0) is 63.6 Å². The van der Waals surface area contributed by atoms with Gasteiger partial charge in [-0.1, -0.05) is 0 Å². The van der Waals surface area contributed by atoms with Gasteiger partial charge in [0.25, 0.3) is 5.56 Å². The molecule has 0 bridgehead atoms. The van der Waals surface area contributed by atoms with Crippen LogP contribution >= 0.6 is 23.7 Å². The van der Waals surface area contributed by atoms with Gasteiger partial charge in [-0.2, -0.15) is 0 Å². The quantitative estimate of drug-likeness (QED) is 0.801. The van der Waals surface area contributed by atoms with Crippen LogP contribution in [0.25, 0.3) is 10.2 Å². The van der Waals surface area contributed by atoms with E-state index in [1.807, 2.05) is 11.9 Å². The Kier molecular flexibility index (Phi) is 7.12. The average molecular weight is 425 g/mol. The lowest BCUT2D eigenvalue weighted by Crippen LogP contribution is -2.42. The summed E-state index contributed by atoms with van der Waals surface area (Å²) in [7, 11) is 1.96. The van der Waals surface area contributed by atoms with Crippen molar-refractivity contribution in [2.24, 2.45) is 5.92 Å². The minimum absolute atomic E-state index is 0. The van der Waals surface area contributed by atoms with Crippen LogP contribution < -0.4 is 10.9 Å². The van der Waals surface area contributed by atoms with Crippen molar-refractivity contribution in [3.05, 3.63) is 27.1 Å². The zero-order chi connectivity index (χ0) is 18.8. The lowest BCUT2D eigenvalue weighted by atomic mass is 9.97. The second-order valence-corrected chi connectivity index (χ2v) is 8.87. The predicted octanol–water partition coefficient (Wildman–Crippen LogP) is 2.61. The zero-order valence-corrected chi connectivity index (χ0v) is 18.0. The van der Waals surface area contributed by atoms with Crippen LogP contribution in [0, 0.1) is 5.92 Å². The van der Waals surface area contributed by atoms with E-state index >= 15 is 0 Å². The Morgan fingerprint density at radius 2 is 2.14 bits per heavy atom. The molecule has 3 heterocycles. The van der Waals surface area contributed by atoms with Gasteiger partial charge in [0.2, 0.25) is 5.91 Å². The Morgan fingerprint density at radius 1 is 1.32 bits per heavy atom. The second-order valence-electron chi connectivity index (χ2n) is 7.79. The van der Waals surface area contributed by atoms with Gasteiger partial charge in [0.1, 0.15) is 4.83 Å². The van der Waals surface area contributed by atoms with E-state index in [1.54, 1.807) is 22.2 Å². The van der Waals surface area contributed by atoms with Crippen LogP contribution in [0.15, 0.2) is 11.1 Å². The summed E-state index contributed by atoms with van der Waals surface area (Å²) in [4.78, 5) is 34.3. The molecule has 2 aromatic rings. The number of hydrogen-bond donors (Lipinski definition) is 1. The molecule has 0 radical (unpaired) electrons. The van der Waals surface area contributed by atoms with Crippen LogP contribution in [0.5, 0.6) is 0 Å². The summed E-state index contributed by atoms with van der Waals surface area (Å²) >= 11 is 1.67. The summed E-state index contributed by atoms with van der Waals surface area (Å²) in [5.41, 5.74) is 1.24. The molecular formula is C20H29ClN4O2S. The Labute approximate surface area is 175 Å².